The molecule has 0 bridgehead atoms. The SMILES string of the molecule is Cc1ccc(C(=O)N2CCCC(CCO)C2)cc1F. The Morgan fingerprint density at radius 1 is 1.53 bits per heavy atom. The molecule has 1 aliphatic rings. The topological polar surface area (TPSA) is 40.5 Å². The first-order valence-electron chi connectivity index (χ1n) is 6.78. The Balaban J connectivity index is 2.08. The van der Waals surface area contributed by atoms with Gasteiger partial charge in [-0.25, -0.2) is 4.39 Å². The molecule has 0 aliphatic carbocycles. The van der Waals surface area contributed by atoms with Crippen molar-refractivity contribution in [2.45, 2.75) is 26.2 Å². The molecule has 104 valence electrons. The molecule has 1 aromatic rings. The van der Waals surface area contributed by atoms with Crippen molar-refractivity contribution in [2.75, 3.05) is 19.7 Å². The minimum absolute atomic E-state index is 0.110. The van der Waals surface area contributed by atoms with Crippen LogP contribution < -0.4 is 0 Å². The van der Waals surface area contributed by atoms with E-state index >= 15 is 0 Å². The van der Waals surface area contributed by atoms with Crippen molar-refractivity contribution in [1.29, 1.82) is 0 Å². The van der Waals surface area contributed by atoms with E-state index in [1.54, 1.807) is 24.0 Å². The van der Waals surface area contributed by atoms with E-state index in [2.05, 4.69) is 0 Å². The van der Waals surface area contributed by atoms with Gasteiger partial charge < -0.3 is 10.0 Å². The first-order chi connectivity index (χ1) is 9.11. The molecule has 0 spiro atoms. The molecule has 1 unspecified atom stereocenters. The Hall–Kier alpha value is -1.42. The third-order valence-electron chi connectivity index (χ3n) is 3.76. The first-order valence-corrected chi connectivity index (χ1v) is 6.78. The monoisotopic (exact) mass is 265 g/mol. The highest BCUT2D eigenvalue weighted by Gasteiger charge is 2.24. The predicted octanol–water partition coefficient (Wildman–Crippen LogP) is 2.37. The second-order valence-corrected chi connectivity index (χ2v) is 5.24. The van der Waals surface area contributed by atoms with E-state index in [9.17, 15) is 9.18 Å². The van der Waals surface area contributed by atoms with E-state index in [4.69, 9.17) is 5.11 Å². The van der Waals surface area contributed by atoms with Gasteiger partial charge in [0.05, 0.1) is 0 Å². The second-order valence-electron chi connectivity index (χ2n) is 5.24. The van der Waals surface area contributed by atoms with Crippen molar-refractivity contribution in [2.24, 2.45) is 5.92 Å². The number of aryl methyl sites for hydroxylation is 1. The lowest BCUT2D eigenvalue weighted by Crippen LogP contribution is -2.40. The molecule has 0 saturated carbocycles. The normalized spacial score (nSPS) is 19.5. The van der Waals surface area contributed by atoms with E-state index in [-0.39, 0.29) is 18.3 Å². The Bertz CT molecular complexity index is 459. The van der Waals surface area contributed by atoms with Crippen LogP contribution in [0.4, 0.5) is 4.39 Å². The summed E-state index contributed by atoms with van der Waals surface area (Å²) in [6.45, 7) is 3.22. The predicted molar refractivity (Wildman–Crippen MR) is 71.5 cm³/mol. The number of benzene rings is 1. The number of likely N-dealkylation sites (tertiary alicyclic amines) is 1. The van der Waals surface area contributed by atoms with Crippen LogP contribution in [0.25, 0.3) is 0 Å². The largest absolute Gasteiger partial charge is 0.396 e. The number of rotatable bonds is 3. The molecular formula is C15H20FNO2. The van der Waals surface area contributed by atoms with E-state index < -0.39 is 0 Å². The minimum Gasteiger partial charge on any atom is -0.396 e. The number of nitrogens with zero attached hydrogens (tertiary/aromatic N) is 1. The van der Waals surface area contributed by atoms with Gasteiger partial charge in [-0.2, -0.15) is 0 Å². The molecule has 0 radical (unpaired) electrons. The van der Waals surface area contributed by atoms with Crippen LogP contribution in [-0.4, -0.2) is 35.6 Å². The van der Waals surface area contributed by atoms with Crippen molar-refractivity contribution < 1.29 is 14.3 Å². The van der Waals surface area contributed by atoms with Crippen LogP contribution in [0.2, 0.25) is 0 Å². The molecule has 1 saturated heterocycles. The first kappa shape index (κ1) is 14.0. The van der Waals surface area contributed by atoms with E-state index in [0.29, 0.717) is 23.6 Å². The third-order valence-corrected chi connectivity index (χ3v) is 3.76. The fourth-order valence-electron chi connectivity index (χ4n) is 2.58. The zero-order valence-corrected chi connectivity index (χ0v) is 11.2. The molecule has 1 heterocycles. The Kier molecular flexibility index (Phi) is 4.53. The van der Waals surface area contributed by atoms with Crippen molar-refractivity contribution >= 4 is 5.91 Å². The van der Waals surface area contributed by atoms with Gasteiger partial charge in [-0.3, -0.25) is 4.79 Å². The van der Waals surface area contributed by atoms with Gasteiger partial charge in [-0.05, 0) is 49.8 Å². The van der Waals surface area contributed by atoms with E-state index in [1.807, 2.05) is 0 Å². The van der Waals surface area contributed by atoms with Crippen molar-refractivity contribution in [1.82, 2.24) is 4.90 Å². The molecule has 1 amide bonds. The maximum absolute atomic E-state index is 13.5. The summed E-state index contributed by atoms with van der Waals surface area (Å²) < 4.78 is 13.5. The summed E-state index contributed by atoms with van der Waals surface area (Å²) in [4.78, 5) is 14.1. The number of halogens is 1. The van der Waals surface area contributed by atoms with Gasteiger partial charge >= 0.3 is 0 Å². The van der Waals surface area contributed by atoms with Crippen molar-refractivity contribution in [3.05, 3.63) is 35.1 Å². The van der Waals surface area contributed by atoms with Crippen LogP contribution in [0, 0.1) is 18.7 Å². The van der Waals surface area contributed by atoms with Crippen LogP contribution in [0.1, 0.15) is 35.2 Å². The number of carbonyl (C=O) groups excluding carboxylic acids is 1. The van der Waals surface area contributed by atoms with Gasteiger partial charge in [-0.15, -0.1) is 0 Å². The number of aliphatic hydroxyl groups excluding tert-OH is 1. The summed E-state index contributed by atoms with van der Waals surface area (Å²) in [5, 5.41) is 8.97. The van der Waals surface area contributed by atoms with Crippen LogP contribution >= 0.6 is 0 Å². The van der Waals surface area contributed by atoms with Gasteiger partial charge in [0.1, 0.15) is 5.82 Å². The van der Waals surface area contributed by atoms with Gasteiger partial charge in [0.25, 0.3) is 5.91 Å². The van der Waals surface area contributed by atoms with E-state index in [0.717, 1.165) is 25.8 Å². The standard InChI is InChI=1S/C15H20FNO2/c1-11-4-5-13(9-14(11)16)15(19)17-7-2-3-12(10-17)6-8-18/h4-5,9,12,18H,2-3,6-8,10H2,1H3. The molecule has 1 aliphatic heterocycles. The van der Waals surface area contributed by atoms with Crippen LogP contribution in [0.15, 0.2) is 18.2 Å². The van der Waals surface area contributed by atoms with E-state index in [1.165, 1.54) is 6.07 Å². The van der Waals surface area contributed by atoms with Gasteiger partial charge in [-0.1, -0.05) is 6.07 Å². The lowest BCUT2D eigenvalue weighted by atomic mass is 9.94. The molecule has 1 atom stereocenters. The summed E-state index contributed by atoms with van der Waals surface area (Å²) >= 11 is 0. The molecule has 4 heteroatoms. The van der Waals surface area contributed by atoms with Crippen LogP contribution in [0.5, 0.6) is 0 Å². The highest BCUT2D eigenvalue weighted by atomic mass is 19.1. The molecule has 19 heavy (non-hydrogen) atoms. The molecule has 2 rings (SSSR count). The summed E-state index contributed by atoms with van der Waals surface area (Å²) in [6, 6.07) is 4.63. The number of piperidine rings is 1. The fourth-order valence-corrected chi connectivity index (χ4v) is 2.58. The second kappa shape index (κ2) is 6.15. The highest BCUT2D eigenvalue weighted by molar-refractivity contribution is 5.94. The summed E-state index contributed by atoms with van der Waals surface area (Å²) in [6.07, 6.45) is 2.73. The molecule has 3 nitrogen and oxygen atoms in total. The number of aliphatic hydroxyl groups is 1. The van der Waals surface area contributed by atoms with Gasteiger partial charge in [0.15, 0.2) is 0 Å². The van der Waals surface area contributed by atoms with Crippen molar-refractivity contribution in [3.63, 3.8) is 0 Å². The lowest BCUT2D eigenvalue weighted by Gasteiger charge is -2.32. The third kappa shape index (κ3) is 3.32. The summed E-state index contributed by atoms with van der Waals surface area (Å²) in [7, 11) is 0. The summed E-state index contributed by atoms with van der Waals surface area (Å²) in [5.41, 5.74) is 0.959. The number of carbonyl (C=O) groups is 1. The van der Waals surface area contributed by atoms with Gasteiger partial charge in [0.2, 0.25) is 0 Å². The Labute approximate surface area is 113 Å². The minimum atomic E-state index is -0.338. The average Bonchev–Trinajstić information content (AvgIpc) is 2.42. The van der Waals surface area contributed by atoms with Crippen LogP contribution in [-0.2, 0) is 0 Å². The Morgan fingerprint density at radius 2 is 2.32 bits per heavy atom. The molecule has 1 aromatic carbocycles. The molecule has 0 aromatic heterocycles. The maximum atomic E-state index is 13.5. The zero-order chi connectivity index (χ0) is 13.8. The Morgan fingerprint density at radius 3 is 3.00 bits per heavy atom. The number of amides is 1. The zero-order valence-electron chi connectivity index (χ0n) is 11.2. The van der Waals surface area contributed by atoms with Crippen LogP contribution in [0.3, 0.4) is 0 Å². The summed E-state index contributed by atoms with van der Waals surface area (Å²) in [5.74, 6) is -0.0886. The fraction of sp³-hybridized carbons (Fsp3) is 0.533. The number of hydrogen-bond donors (Lipinski definition) is 1. The molecule has 1 N–H and O–H groups in total. The quantitative estimate of drug-likeness (QED) is 0.911. The molecule has 1 fully saturated rings. The lowest BCUT2D eigenvalue weighted by molar-refractivity contribution is 0.0653. The van der Waals surface area contributed by atoms with Crippen molar-refractivity contribution in [3.8, 4) is 0 Å². The van der Waals surface area contributed by atoms with Gasteiger partial charge in [0, 0.05) is 25.3 Å². The maximum Gasteiger partial charge on any atom is 0.253 e. The number of hydrogen-bond acceptors (Lipinski definition) is 2. The highest BCUT2D eigenvalue weighted by Crippen LogP contribution is 2.21. The average molecular weight is 265 g/mol. The smallest absolute Gasteiger partial charge is 0.253 e. The molecular weight excluding hydrogens is 245 g/mol.